The maximum absolute atomic E-state index is 13.9. The van der Waals surface area contributed by atoms with Crippen molar-refractivity contribution in [2.75, 3.05) is 24.7 Å². The molecule has 0 atom stereocenters. The molecule has 5 heteroatoms. The van der Waals surface area contributed by atoms with E-state index in [9.17, 15) is 4.39 Å². The first-order chi connectivity index (χ1) is 8.72. The van der Waals surface area contributed by atoms with Gasteiger partial charge in [0, 0.05) is 24.0 Å². The molecule has 0 aromatic heterocycles. The number of rotatable bonds is 6. The molecule has 0 amide bonds. The van der Waals surface area contributed by atoms with Gasteiger partial charge in [-0.05, 0) is 37.4 Å². The van der Waals surface area contributed by atoms with Crippen molar-refractivity contribution in [2.24, 2.45) is 10.7 Å². The molecule has 98 valence electrons. The van der Waals surface area contributed by atoms with E-state index in [0.717, 1.165) is 18.7 Å². The summed E-state index contributed by atoms with van der Waals surface area (Å²) in [7, 11) is 0. The molecular formula is C13H18FN3S. The van der Waals surface area contributed by atoms with Crippen LogP contribution in [0.25, 0.3) is 0 Å². The van der Waals surface area contributed by atoms with Crippen LogP contribution in [-0.2, 0) is 0 Å². The van der Waals surface area contributed by atoms with E-state index in [1.54, 1.807) is 6.07 Å². The Hall–Kier alpha value is -1.33. The first-order valence-electron chi connectivity index (χ1n) is 5.69. The van der Waals surface area contributed by atoms with E-state index in [1.807, 2.05) is 12.3 Å². The van der Waals surface area contributed by atoms with E-state index in [1.165, 1.54) is 24.0 Å². The highest BCUT2D eigenvalue weighted by Crippen LogP contribution is 2.19. The molecule has 18 heavy (non-hydrogen) atoms. The number of thioether (sulfide) groups is 1. The average molecular weight is 267 g/mol. The Kier molecular flexibility index (Phi) is 6.46. The number of halogens is 1. The zero-order valence-electron chi connectivity index (χ0n) is 10.4. The van der Waals surface area contributed by atoms with E-state index in [2.05, 4.69) is 16.9 Å². The van der Waals surface area contributed by atoms with E-state index in [4.69, 9.17) is 5.73 Å². The normalized spacial score (nSPS) is 11.4. The Morgan fingerprint density at radius 1 is 1.61 bits per heavy atom. The molecule has 0 fully saturated rings. The van der Waals surface area contributed by atoms with E-state index < -0.39 is 0 Å². The van der Waals surface area contributed by atoms with Crippen molar-refractivity contribution in [3.63, 3.8) is 0 Å². The molecule has 0 heterocycles. The third-order valence-corrected chi connectivity index (χ3v) is 3.02. The second kappa shape index (κ2) is 7.89. The number of anilines is 1. The molecule has 3 N–H and O–H groups in total. The number of hydrogen-bond donors (Lipinski definition) is 2. The van der Waals surface area contributed by atoms with Gasteiger partial charge in [-0.15, -0.1) is 11.8 Å². The van der Waals surface area contributed by atoms with E-state index in [-0.39, 0.29) is 5.82 Å². The van der Waals surface area contributed by atoms with Gasteiger partial charge in [-0.25, -0.2) is 9.38 Å². The van der Waals surface area contributed by atoms with Gasteiger partial charge in [0.05, 0.1) is 0 Å². The Balaban J connectivity index is 2.85. The molecule has 0 aliphatic carbocycles. The van der Waals surface area contributed by atoms with Crippen LogP contribution in [0.2, 0.25) is 0 Å². The van der Waals surface area contributed by atoms with Crippen LogP contribution < -0.4 is 11.1 Å². The summed E-state index contributed by atoms with van der Waals surface area (Å²) >= 11 is 1.39. The Labute approximate surface area is 111 Å². The molecule has 1 aromatic rings. The predicted octanol–water partition coefficient (Wildman–Crippen LogP) is 2.84. The van der Waals surface area contributed by atoms with Crippen LogP contribution in [0.1, 0.15) is 12.0 Å². The minimum Gasteiger partial charge on any atom is -0.385 e. The molecule has 0 saturated heterocycles. The van der Waals surface area contributed by atoms with Crippen molar-refractivity contribution in [2.45, 2.75) is 6.42 Å². The lowest BCUT2D eigenvalue weighted by atomic mass is 10.2. The summed E-state index contributed by atoms with van der Waals surface area (Å²) in [4.78, 5) is 4.05. The molecule has 0 aliphatic rings. The average Bonchev–Trinajstić information content (AvgIpc) is 2.37. The quantitative estimate of drug-likeness (QED) is 0.473. The summed E-state index contributed by atoms with van der Waals surface area (Å²) < 4.78 is 13.9. The number of nitrogens with one attached hydrogen (secondary N) is 1. The van der Waals surface area contributed by atoms with Crippen molar-refractivity contribution in [1.82, 2.24) is 0 Å². The van der Waals surface area contributed by atoms with Gasteiger partial charge in [0.1, 0.15) is 10.9 Å². The van der Waals surface area contributed by atoms with Gasteiger partial charge < -0.3 is 11.1 Å². The minimum atomic E-state index is -0.289. The fourth-order valence-corrected chi connectivity index (χ4v) is 2.01. The topological polar surface area (TPSA) is 50.4 Å². The first-order valence-corrected chi connectivity index (χ1v) is 6.92. The van der Waals surface area contributed by atoms with Gasteiger partial charge in [0.2, 0.25) is 0 Å². The van der Waals surface area contributed by atoms with Crippen LogP contribution in [0.5, 0.6) is 0 Å². The lowest BCUT2D eigenvalue weighted by molar-refractivity contribution is 0.626. The molecular weight excluding hydrogens is 249 g/mol. The van der Waals surface area contributed by atoms with Gasteiger partial charge in [0.15, 0.2) is 0 Å². The monoisotopic (exact) mass is 267 g/mol. The molecule has 1 rings (SSSR count). The highest BCUT2D eigenvalue weighted by atomic mass is 32.2. The molecule has 0 saturated carbocycles. The molecule has 0 radical (unpaired) electrons. The number of hydrogen-bond acceptors (Lipinski definition) is 4. The third kappa shape index (κ3) is 4.16. The van der Waals surface area contributed by atoms with Gasteiger partial charge >= 0.3 is 0 Å². The number of nitrogens with two attached hydrogens (primary N) is 1. The Morgan fingerprint density at radius 2 is 2.39 bits per heavy atom. The highest BCUT2D eigenvalue weighted by molar-refractivity contribution is 8.13. The number of aliphatic imine (C=N–C) groups is 1. The molecule has 1 aromatic carbocycles. The molecule has 0 bridgehead atoms. The predicted molar refractivity (Wildman–Crippen MR) is 78.8 cm³/mol. The zero-order valence-corrected chi connectivity index (χ0v) is 11.3. The minimum absolute atomic E-state index is 0.289. The number of benzene rings is 1. The maximum atomic E-state index is 13.9. The largest absolute Gasteiger partial charge is 0.385 e. The van der Waals surface area contributed by atoms with Crippen molar-refractivity contribution in [3.05, 3.63) is 42.4 Å². The third-order valence-electron chi connectivity index (χ3n) is 2.31. The van der Waals surface area contributed by atoms with Gasteiger partial charge in [0.25, 0.3) is 0 Å². The van der Waals surface area contributed by atoms with Crippen LogP contribution in [-0.4, -0.2) is 24.4 Å². The maximum Gasteiger partial charge on any atom is 0.135 e. The lowest BCUT2D eigenvalue weighted by Gasteiger charge is -2.08. The SMILES string of the molecule is C=C/N=C(\SC)c1ccc(NCCCN)cc1F. The Bertz CT molecular complexity index is 432. The van der Waals surface area contributed by atoms with Crippen LogP contribution in [0.3, 0.4) is 0 Å². The number of nitrogens with zero attached hydrogens (tertiary/aromatic N) is 1. The fraction of sp³-hybridized carbons (Fsp3) is 0.308. The van der Waals surface area contributed by atoms with Crippen molar-refractivity contribution in [3.8, 4) is 0 Å². The zero-order chi connectivity index (χ0) is 13.4. The summed E-state index contributed by atoms with van der Waals surface area (Å²) in [5, 5.41) is 3.74. The smallest absolute Gasteiger partial charge is 0.135 e. The summed E-state index contributed by atoms with van der Waals surface area (Å²) in [6.07, 6.45) is 4.13. The van der Waals surface area contributed by atoms with Gasteiger partial charge in [-0.2, -0.15) is 0 Å². The van der Waals surface area contributed by atoms with Gasteiger partial charge in [-0.3, -0.25) is 0 Å². The second-order valence-electron chi connectivity index (χ2n) is 3.58. The summed E-state index contributed by atoms with van der Waals surface area (Å²) in [5.41, 5.74) is 6.64. The summed E-state index contributed by atoms with van der Waals surface area (Å²) in [6.45, 7) is 4.89. The molecule has 0 spiro atoms. The van der Waals surface area contributed by atoms with Crippen LogP contribution in [0.4, 0.5) is 10.1 Å². The van der Waals surface area contributed by atoms with Crippen LogP contribution in [0, 0.1) is 5.82 Å². The highest BCUT2D eigenvalue weighted by Gasteiger charge is 2.08. The Morgan fingerprint density at radius 3 is 2.94 bits per heavy atom. The molecule has 3 nitrogen and oxygen atoms in total. The van der Waals surface area contributed by atoms with E-state index >= 15 is 0 Å². The fourth-order valence-electron chi connectivity index (χ4n) is 1.45. The summed E-state index contributed by atoms with van der Waals surface area (Å²) in [6, 6.07) is 5.03. The lowest BCUT2D eigenvalue weighted by Crippen LogP contribution is -2.09. The molecule has 0 unspecified atom stereocenters. The van der Waals surface area contributed by atoms with Crippen LogP contribution >= 0.6 is 11.8 Å². The molecule has 0 aliphatic heterocycles. The van der Waals surface area contributed by atoms with Crippen molar-refractivity contribution in [1.29, 1.82) is 0 Å². The van der Waals surface area contributed by atoms with Crippen LogP contribution in [0.15, 0.2) is 36.0 Å². The second-order valence-corrected chi connectivity index (χ2v) is 4.38. The first kappa shape index (κ1) is 14.7. The van der Waals surface area contributed by atoms with Crippen molar-refractivity contribution >= 4 is 22.5 Å². The van der Waals surface area contributed by atoms with E-state index in [0.29, 0.717) is 17.2 Å². The summed E-state index contributed by atoms with van der Waals surface area (Å²) in [5.74, 6) is -0.289. The van der Waals surface area contributed by atoms with Crippen molar-refractivity contribution < 1.29 is 4.39 Å². The van der Waals surface area contributed by atoms with Gasteiger partial charge in [-0.1, -0.05) is 6.58 Å². The standard InChI is InChI=1S/C13H18FN3S/c1-3-16-13(18-2)11-6-5-10(9-12(11)14)17-8-4-7-15/h3,5-6,9,17H,1,4,7-8,15H2,2H3/b16-13-.